The first kappa shape index (κ1) is 10.4. The van der Waals surface area contributed by atoms with E-state index in [1.54, 1.807) is 0 Å². The molecular weight excluding hydrogens is 144 g/mol. The molecule has 0 radical (unpaired) electrons. The summed E-state index contributed by atoms with van der Waals surface area (Å²) >= 11 is 0. The zero-order valence-electron chi connectivity index (χ0n) is 7.08. The topological polar surface area (TPSA) is 57.5 Å². The Balaban J connectivity index is 3.80. The Morgan fingerprint density at radius 1 is 1.55 bits per heavy atom. The molecule has 0 fully saturated rings. The van der Waals surface area contributed by atoms with Gasteiger partial charge in [-0.2, -0.15) is 0 Å². The number of aliphatic hydroxyl groups excluding tert-OH is 1. The summed E-state index contributed by atoms with van der Waals surface area (Å²) in [6.07, 6.45) is 1.67. The lowest BCUT2D eigenvalue weighted by Gasteiger charge is -2.13. The molecule has 0 aliphatic heterocycles. The van der Waals surface area contributed by atoms with Crippen molar-refractivity contribution in [3.63, 3.8) is 0 Å². The molecule has 2 atom stereocenters. The maximum absolute atomic E-state index is 10.5. The van der Waals surface area contributed by atoms with Crippen molar-refractivity contribution in [3.8, 4) is 0 Å². The highest BCUT2D eigenvalue weighted by Gasteiger charge is 2.21. The van der Waals surface area contributed by atoms with Gasteiger partial charge in [0.25, 0.3) is 0 Å². The van der Waals surface area contributed by atoms with E-state index in [2.05, 4.69) is 0 Å². The number of hydrogen-bond donors (Lipinski definition) is 2. The van der Waals surface area contributed by atoms with Gasteiger partial charge in [0.2, 0.25) is 0 Å². The summed E-state index contributed by atoms with van der Waals surface area (Å²) in [5.41, 5.74) is 0. The zero-order valence-corrected chi connectivity index (χ0v) is 7.08. The van der Waals surface area contributed by atoms with Crippen LogP contribution in [0.2, 0.25) is 0 Å². The molecule has 0 aliphatic carbocycles. The van der Waals surface area contributed by atoms with Gasteiger partial charge < -0.3 is 10.2 Å². The summed E-state index contributed by atoms with van der Waals surface area (Å²) < 4.78 is 0. The van der Waals surface area contributed by atoms with E-state index >= 15 is 0 Å². The highest BCUT2D eigenvalue weighted by Crippen LogP contribution is 2.12. The Bertz CT molecular complexity index is 121. The van der Waals surface area contributed by atoms with Gasteiger partial charge in [0.05, 0.1) is 12.0 Å². The van der Waals surface area contributed by atoms with Crippen molar-refractivity contribution in [2.75, 3.05) is 0 Å². The Kier molecular flexibility index (Phi) is 4.86. The molecule has 0 saturated carbocycles. The van der Waals surface area contributed by atoms with Gasteiger partial charge in [-0.1, -0.05) is 19.8 Å². The van der Waals surface area contributed by atoms with Crippen LogP contribution in [0, 0.1) is 5.92 Å². The second kappa shape index (κ2) is 5.13. The minimum absolute atomic E-state index is 0.573. The lowest BCUT2D eigenvalue weighted by Crippen LogP contribution is -2.25. The Hall–Kier alpha value is -0.570. The average Bonchev–Trinajstić information content (AvgIpc) is 1.87. The van der Waals surface area contributed by atoms with E-state index in [0.29, 0.717) is 6.42 Å². The van der Waals surface area contributed by atoms with Gasteiger partial charge in [-0.05, 0) is 13.3 Å². The molecule has 0 aromatic heterocycles. The number of rotatable bonds is 5. The fraction of sp³-hybridized carbons (Fsp3) is 0.875. The molecule has 0 aliphatic rings. The molecule has 0 unspecified atom stereocenters. The van der Waals surface area contributed by atoms with Gasteiger partial charge in [-0.15, -0.1) is 0 Å². The molecule has 0 spiro atoms. The van der Waals surface area contributed by atoms with E-state index in [1.807, 2.05) is 6.92 Å². The average molecular weight is 160 g/mol. The van der Waals surface area contributed by atoms with Gasteiger partial charge in [-0.25, -0.2) is 0 Å². The molecule has 66 valence electrons. The van der Waals surface area contributed by atoms with Crippen molar-refractivity contribution >= 4 is 5.97 Å². The van der Waals surface area contributed by atoms with Crippen molar-refractivity contribution in [1.29, 1.82) is 0 Å². The molecule has 0 amide bonds. The first-order valence-electron chi connectivity index (χ1n) is 4.00. The predicted octanol–water partition coefficient (Wildman–Crippen LogP) is 1.26. The summed E-state index contributed by atoms with van der Waals surface area (Å²) in [5, 5.41) is 17.6. The van der Waals surface area contributed by atoms with Crippen LogP contribution in [0.4, 0.5) is 0 Å². The van der Waals surface area contributed by atoms with Crippen molar-refractivity contribution in [3.05, 3.63) is 0 Å². The zero-order chi connectivity index (χ0) is 8.85. The van der Waals surface area contributed by atoms with Gasteiger partial charge in [0.15, 0.2) is 0 Å². The second-order valence-corrected chi connectivity index (χ2v) is 2.83. The van der Waals surface area contributed by atoms with Gasteiger partial charge in [0, 0.05) is 0 Å². The van der Waals surface area contributed by atoms with E-state index in [1.165, 1.54) is 6.92 Å². The third-order valence-corrected chi connectivity index (χ3v) is 1.77. The van der Waals surface area contributed by atoms with Crippen LogP contribution in [-0.2, 0) is 4.79 Å². The molecule has 0 bridgehead atoms. The number of carbonyl (C=O) groups is 1. The quantitative estimate of drug-likeness (QED) is 0.636. The SMILES string of the molecule is CCCC[C@H](C(=O)O)[C@@H](C)O. The monoisotopic (exact) mass is 160 g/mol. The van der Waals surface area contributed by atoms with Crippen LogP contribution in [0.25, 0.3) is 0 Å². The molecule has 2 N–H and O–H groups in total. The van der Waals surface area contributed by atoms with Crippen molar-refractivity contribution in [2.24, 2.45) is 5.92 Å². The first-order chi connectivity index (χ1) is 5.09. The van der Waals surface area contributed by atoms with E-state index < -0.39 is 18.0 Å². The molecule has 11 heavy (non-hydrogen) atoms. The summed E-state index contributed by atoms with van der Waals surface area (Å²) in [7, 11) is 0. The highest BCUT2D eigenvalue weighted by molar-refractivity contribution is 5.70. The third-order valence-electron chi connectivity index (χ3n) is 1.77. The maximum atomic E-state index is 10.5. The van der Waals surface area contributed by atoms with Crippen LogP contribution in [0.5, 0.6) is 0 Å². The first-order valence-corrected chi connectivity index (χ1v) is 4.00. The molecule has 0 aromatic rings. The third kappa shape index (κ3) is 3.98. The number of hydrogen-bond acceptors (Lipinski definition) is 2. The van der Waals surface area contributed by atoms with Crippen LogP contribution in [-0.4, -0.2) is 22.3 Å². The standard InChI is InChI=1S/C8H16O3/c1-3-4-5-7(6(2)9)8(10)11/h6-7,9H,3-5H2,1-2H3,(H,10,11)/t6-,7+/m1/s1. The van der Waals surface area contributed by atoms with Crippen LogP contribution < -0.4 is 0 Å². The number of aliphatic carboxylic acids is 1. The van der Waals surface area contributed by atoms with Crippen molar-refractivity contribution in [2.45, 2.75) is 39.2 Å². The minimum atomic E-state index is -0.895. The van der Waals surface area contributed by atoms with Gasteiger partial charge in [0.1, 0.15) is 0 Å². The number of aliphatic hydroxyl groups is 1. The lowest BCUT2D eigenvalue weighted by atomic mass is 9.97. The van der Waals surface area contributed by atoms with Crippen LogP contribution in [0.15, 0.2) is 0 Å². The predicted molar refractivity (Wildman–Crippen MR) is 42.3 cm³/mol. The summed E-state index contributed by atoms with van der Waals surface area (Å²) in [5.74, 6) is -1.48. The van der Waals surface area contributed by atoms with Crippen molar-refractivity contribution < 1.29 is 15.0 Å². The maximum Gasteiger partial charge on any atom is 0.309 e. The fourth-order valence-corrected chi connectivity index (χ4v) is 0.995. The van der Waals surface area contributed by atoms with Gasteiger partial charge >= 0.3 is 5.97 Å². The van der Waals surface area contributed by atoms with Gasteiger partial charge in [-0.3, -0.25) is 4.79 Å². The Morgan fingerprint density at radius 3 is 2.36 bits per heavy atom. The number of carboxylic acid groups (broad SMARTS) is 1. The summed E-state index contributed by atoms with van der Waals surface area (Å²) in [6, 6.07) is 0. The van der Waals surface area contributed by atoms with Crippen LogP contribution in [0.3, 0.4) is 0 Å². The van der Waals surface area contributed by atoms with Crippen molar-refractivity contribution in [1.82, 2.24) is 0 Å². The fourth-order valence-electron chi connectivity index (χ4n) is 0.995. The summed E-state index contributed by atoms with van der Waals surface area (Å²) in [4.78, 5) is 10.5. The number of carboxylic acids is 1. The van der Waals surface area contributed by atoms with E-state index in [9.17, 15) is 4.79 Å². The second-order valence-electron chi connectivity index (χ2n) is 2.83. The lowest BCUT2D eigenvalue weighted by molar-refractivity contribution is -0.145. The van der Waals surface area contributed by atoms with Crippen LogP contribution in [0.1, 0.15) is 33.1 Å². The molecule has 0 aromatic carbocycles. The Labute approximate surface area is 67.0 Å². The molecule has 0 rings (SSSR count). The molecular formula is C8H16O3. The molecule has 3 heteroatoms. The smallest absolute Gasteiger partial charge is 0.309 e. The molecule has 0 heterocycles. The molecule has 0 saturated heterocycles. The minimum Gasteiger partial charge on any atom is -0.481 e. The summed E-state index contributed by atoms with van der Waals surface area (Å²) in [6.45, 7) is 3.52. The normalized spacial score (nSPS) is 15.9. The Morgan fingerprint density at radius 2 is 2.09 bits per heavy atom. The highest BCUT2D eigenvalue weighted by atomic mass is 16.4. The van der Waals surface area contributed by atoms with E-state index in [-0.39, 0.29) is 0 Å². The largest absolute Gasteiger partial charge is 0.481 e. The van der Waals surface area contributed by atoms with E-state index in [0.717, 1.165) is 12.8 Å². The molecule has 3 nitrogen and oxygen atoms in total. The van der Waals surface area contributed by atoms with E-state index in [4.69, 9.17) is 10.2 Å². The number of unbranched alkanes of at least 4 members (excludes halogenated alkanes) is 1. The van der Waals surface area contributed by atoms with Crippen LogP contribution >= 0.6 is 0 Å².